The molecule has 0 spiro atoms. The minimum atomic E-state index is -2.20. The Morgan fingerprint density at radius 3 is 1.76 bits per heavy atom. The van der Waals surface area contributed by atoms with E-state index >= 15 is 0 Å². The Hall–Kier alpha value is -2.45. The molecule has 2 rings (SSSR count). The van der Waals surface area contributed by atoms with Crippen molar-refractivity contribution in [2.75, 3.05) is 13.2 Å². The monoisotopic (exact) mass is 305 g/mol. The van der Waals surface area contributed by atoms with E-state index in [9.17, 15) is 31.9 Å². The zero-order chi connectivity index (χ0) is 15.9. The average molecular weight is 305 g/mol. The third kappa shape index (κ3) is 2.14. The largest absolute Gasteiger partial charge is 0.465 e. The fraction of sp³-hybridized carbons (Fsp3) is 0.250. The number of benzene rings is 1. The third-order valence-electron chi connectivity index (χ3n) is 2.78. The molecule has 1 aliphatic heterocycles. The molecule has 5 nitrogen and oxygen atoms in total. The topological polar surface area (TPSA) is 63.7 Å². The molecule has 0 aromatic heterocycles. The Balaban J connectivity index is 2.50. The van der Waals surface area contributed by atoms with Gasteiger partial charge >= 0.3 is 5.97 Å². The molecule has 0 aliphatic carbocycles. The summed E-state index contributed by atoms with van der Waals surface area (Å²) in [6, 6.07) is 0. The number of imide groups is 1. The molecule has 0 N–H and O–H groups in total. The molecule has 1 heterocycles. The van der Waals surface area contributed by atoms with E-state index in [1.165, 1.54) is 6.92 Å². The fourth-order valence-corrected chi connectivity index (χ4v) is 1.87. The van der Waals surface area contributed by atoms with Crippen LogP contribution in [-0.2, 0) is 9.53 Å². The molecule has 0 radical (unpaired) electrons. The Kier molecular flexibility index (Phi) is 3.67. The van der Waals surface area contributed by atoms with Gasteiger partial charge in [0.1, 0.15) is 6.54 Å². The van der Waals surface area contributed by atoms with Gasteiger partial charge in [-0.15, -0.1) is 0 Å². The van der Waals surface area contributed by atoms with Crippen LogP contribution in [0, 0.1) is 23.3 Å². The number of halogens is 4. The number of hydrogen-bond acceptors (Lipinski definition) is 4. The lowest BCUT2D eigenvalue weighted by Gasteiger charge is -2.12. The van der Waals surface area contributed by atoms with Gasteiger partial charge in [0.2, 0.25) is 0 Å². The number of nitrogens with zero attached hydrogens (tertiary/aromatic N) is 1. The standard InChI is InChI=1S/C12H7F4NO4/c1-2-21-4(18)3-17-11(19)5-6(12(17)20)8(14)10(16)9(15)7(5)13/h2-3H2,1H3. The minimum Gasteiger partial charge on any atom is -0.465 e. The van der Waals surface area contributed by atoms with Crippen LogP contribution in [0.5, 0.6) is 0 Å². The predicted octanol–water partition coefficient (Wildman–Crippen LogP) is 1.40. The molecule has 21 heavy (non-hydrogen) atoms. The number of hydrogen-bond donors (Lipinski definition) is 0. The highest BCUT2D eigenvalue weighted by Crippen LogP contribution is 2.31. The van der Waals surface area contributed by atoms with E-state index in [1.807, 2.05) is 0 Å². The maximum atomic E-state index is 13.5. The van der Waals surface area contributed by atoms with E-state index in [0.29, 0.717) is 0 Å². The van der Waals surface area contributed by atoms with Crippen LogP contribution >= 0.6 is 0 Å². The highest BCUT2D eigenvalue weighted by molar-refractivity contribution is 6.22. The second kappa shape index (κ2) is 5.15. The molecule has 1 aromatic rings. The molecule has 1 aromatic carbocycles. The minimum absolute atomic E-state index is 0.0476. The molecule has 1 aliphatic rings. The molecule has 2 amide bonds. The summed E-state index contributed by atoms with van der Waals surface area (Å²) in [5, 5.41) is 0. The summed E-state index contributed by atoms with van der Waals surface area (Å²) in [7, 11) is 0. The van der Waals surface area contributed by atoms with Crippen molar-refractivity contribution >= 4 is 17.8 Å². The number of amides is 2. The molecule has 0 fully saturated rings. The summed E-state index contributed by atoms with van der Waals surface area (Å²) in [5.41, 5.74) is -2.47. The Morgan fingerprint density at radius 1 is 0.952 bits per heavy atom. The number of esters is 1. The van der Waals surface area contributed by atoms with Crippen LogP contribution in [0.25, 0.3) is 0 Å². The lowest BCUT2D eigenvalue weighted by molar-refractivity contribution is -0.143. The molecule has 0 unspecified atom stereocenters. The van der Waals surface area contributed by atoms with Gasteiger partial charge in [-0.25, -0.2) is 17.6 Å². The zero-order valence-corrected chi connectivity index (χ0v) is 10.5. The first-order valence-corrected chi connectivity index (χ1v) is 5.69. The van der Waals surface area contributed by atoms with E-state index in [4.69, 9.17) is 0 Å². The van der Waals surface area contributed by atoms with Crippen LogP contribution in [0.15, 0.2) is 0 Å². The average Bonchev–Trinajstić information content (AvgIpc) is 2.68. The molecule has 0 atom stereocenters. The Morgan fingerprint density at radius 2 is 1.38 bits per heavy atom. The van der Waals surface area contributed by atoms with Gasteiger partial charge in [0, 0.05) is 0 Å². The van der Waals surface area contributed by atoms with Gasteiger partial charge in [-0.05, 0) is 6.92 Å². The first kappa shape index (κ1) is 14.9. The van der Waals surface area contributed by atoms with Crippen molar-refractivity contribution in [1.82, 2.24) is 4.90 Å². The SMILES string of the molecule is CCOC(=O)CN1C(=O)c2c(F)c(F)c(F)c(F)c2C1=O. The van der Waals surface area contributed by atoms with Crippen LogP contribution in [0.1, 0.15) is 27.6 Å². The van der Waals surface area contributed by atoms with E-state index in [2.05, 4.69) is 4.74 Å². The Labute approximate surface area is 115 Å². The maximum Gasteiger partial charge on any atom is 0.326 e. The summed E-state index contributed by atoms with van der Waals surface area (Å²) in [4.78, 5) is 35.0. The van der Waals surface area contributed by atoms with Crippen molar-refractivity contribution in [2.24, 2.45) is 0 Å². The summed E-state index contributed by atoms with van der Waals surface area (Å²) >= 11 is 0. The Bertz CT molecular complexity index is 627. The maximum absolute atomic E-state index is 13.5. The highest BCUT2D eigenvalue weighted by Gasteiger charge is 2.44. The van der Waals surface area contributed by atoms with Gasteiger partial charge in [-0.2, -0.15) is 0 Å². The number of rotatable bonds is 3. The number of ether oxygens (including phenoxy) is 1. The van der Waals surface area contributed by atoms with E-state index in [1.54, 1.807) is 0 Å². The molecule has 112 valence electrons. The first-order chi connectivity index (χ1) is 9.81. The molecule has 0 bridgehead atoms. The van der Waals surface area contributed by atoms with Gasteiger partial charge in [0.15, 0.2) is 23.3 Å². The van der Waals surface area contributed by atoms with E-state index < -0.39 is 58.7 Å². The van der Waals surface area contributed by atoms with E-state index in [0.717, 1.165) is 0 Å². The second-order valence-corrected chi connectivity index (χ2v) is 4.01. The van der Waals surface area contributed by atoms with E-state index in [-0.39, 0.29) is 11.5 Å². The van der Waals surface area contributed by atoms with Crippen molar-refractivity contribution < 1.29 is 36.7 Å². The van der Waals surface area contributed by atoms with Crippen molar-refractivity contribution in [1.29, 1.82) is 0 Å². The van der Waals surface area contributed by atoms with Gasteiger partial charge in [-0.3, -0.25) is 19.3 Å². The number of carbonyl (C=O) groups excluding carboxylic acids is 3. The molecular formula is C12H7F4NO4. The number of fused-ring (bicyclic) bond motifs is 1. The summed E-state index contributed by atoms with van der Waals surface area (Å²) in [6.45, 7) is 0.501. The fourth-order valence-electron chi connectivity index (χ4n) is 1.87. The normalized spacial score (nSPS) is 13.7. The first-order valence-electron chi connectivity index (χ1n) is 5.69. The molecular weight excluding hydrogens is 298 g/mol. The quantitative estimate of drug-likeness (QED) is 0.278. The predicted molar refractivity (Wildman–Crippen MR) is 58.3 cm³/mol. The molecule has 0 saturated carbocycles. The van der Waals surface area contributed by atoms with Crippen molar-refractivity contribution in [3.05, 3.63) is 34.4 Å². The van der Waals surface area contributed by atoms with Gasteiger partial charge in [0.25, 0.3) is 11.8 Å². The van der Waals surface area contributed by atoms with Crippen molar-refractivity contribution in [3.63, 3.8) is 0 Å². The third-order valence-corrected chi connectivity index (χ3v) is 2.78. The summed E-state index contributed by atoms with van der Waals surface area (Å²) in [5.74, 6) is -12.2. The van der Waals surface area contributed by atoms with Crippen LogP contribution in [0.4, 0.5) is 17.6 Å². The van der Waals surface area contributed by atoms with Crippen molar-refractivity contribution in [2.45, 2.75) is 6.92 Å². The zero-order valence-electron chi connectivity index (χ0n) is 10.5. The van der Waals surface area contributed by atoms with Gasteiger partial charge in [0.05, 0.1) is 17.7 Å². The lowest BCUT2D eigenvalue weighted by Crippen LogP contribution is -2.35. The van der Waals surface area contributed by atoms with Crippen LogP contribution in [0.2, 0.25) is 0 Å². The van der Waals surface area contributed by atoms with Crippen LogP contribution in [0.3, 0.4) is 0 Å². The van der Waals surface area contributed by atoms with Crippen LogP contribution in [-0.4, -0.2) is 35.8 Å². The number of carbonyl (C=O) groups is 3. The highest BCUT2D eigenvalue weighted by atomic mass is 19.2. The summed E-state index contributed by atoms with van der Waals surface area (Å²) in [6.07, 6.45) is 0. The molecule has 0 saturated heterocycles. The summed E-state index contributed by atoms with van der Waals surface area (Å²) < 4.78 is 57.7. The lowest BCUT2D eigenvalue weighted by atomic mass is 10.1. The second-order valence-electron chi connectivity index (χ2n) is 4.01. The van der Waals surface area contributed by atoms with Crippen LogP contribution < -0.4 is 0 Å². The van der Waals surface area contributed by atoms with Crippen molar-refractivity contribution in [3.8, 4) is 0 Å². The van der Waals surface area contributed by atoms with Gasteiger partial charge < -0.3 is 4.74 Å². The smallest absolute Gasteiger partial charge is 0.326 e. The molecule has 9 heteroatoms. The van der Waals surface area contributed by atoms with Gasteiger partial charge in [-0.1, -0.05) is 0 Å².